The third-order valence-corrected chi connectivity index (χ3v) is 10.6. The number of benzene rings is 3. The van der Waals surface area contributed by atoms with Gasteiger partial charge in [-0.05, 0) is 100 Å². The highest BCUT2D eigenvalue weighted by molar-refractivity contribution is 6.39. The Bertz CT molecular complexity index is 1910. The maximum absolute atomic E-state index is 13.7. The molecule has 1 fully saturated rings. The lowest BCUT2D eigenvalue weighted by molar-refractivity contribution is -0.452. The molecule has 0 heterocycles. The molecule has 0 amide bonds. The molecule has 3 aromatic rings. The lowest BCUT2D eigenvalue weighted by atomic mass is 9.80. The van der Waals surface area contributed by atoms with Gasteiger partial charge < -0.3 is 19.5 Å². The molecule has 0 saturated heterocycles. The van der Waals surface area contributed by atoms with E-state index < -0.39 is 0 Å². The summed E-state index contributed by atoms with van der Waals surface area (Å²) in [5.74, 6) is -0.0947. The van der Waals surface area contributed by atoms with Crippen LogP contribution in [0.15, 0.2) is 102 Å². The second-order valence-corrected chi connectivity index (χ2v) is 14.0. The highest BCUT2D eigenvalue weighted by atomic mass is 16.5. The second kappa shape index (κ2) is 15.2. The first-order valence-electron chi connectivity index (χ1n) is 18.0. The van der Waals surface area contributed by atoms with Crippen LogP contribution in [-0.4, -0.2) is 60.2 Å². The monoisotopic (exact) mass is 671 g/mol. The van der Waals surface area contributed by atoms with Crippen molar-refractivity contribution in [2.45, 2.75) is 85.0 Å². The number of aryl methyl sites for hydroxylation is 4. The molecule has 0 aromatic heterocycles. The van der Waals surface area contributed by atoms with E-state index in [0.717, 1.165) is 48.3 Å². The van der Waals surface area contributed by atoms with Crippen LogP contribution in [0.3, 0.4) is 0 Å². The highest BCUT2D eigenvalue weighted by Crippen LogP contribution is 2.41. The molecule has 6 rings (SSSR count). The number of nitrogens with zero attached hydrogens (tertiary/aromatic N) is 2. The number of ketones is 1. The van der Waals surface area contributed by atoms with Crippen molar-refractivity contribution in [2.75, 3.05) is 25.7 Å². The zero-order chi connectivity index (χ0) is 35.5. The van der Waals surface area contributed by atoms with E-state index in [1.807, 2.05) is 43.5 Å². The minimum Gasteiger partial charge on any atom is -0.506 e. The molecule has 0 spiro atoms. The number of hydrogen-bond acceptors (Lipinski definition) is 5. The van der Waals surface area contributed by atoms with Crippen molar-refractivity contribution < 1.29 is 24.0 Å². The second-order valence-electron chi connectivity index (χ2n) is 14.0. The first-order chi connectivity index (χ1) is 24.1. The van der Waals surface area contributed by atoms with E-state index in [2.05, 4.69) is 92.6 Å². The van der Waals surface area contributed by atoms with E-state index in [4.69, 9.17) is 9.47 Å². The summed E-state index contributed by atoms with van der Waals surface area (Å²) in [4.78, 5) is 16.1. The molecule has 1 N–H and O–H groups in total. The lowest BCUT2D eigenvalue weighted by Crippen LogP contribution is -2.44. The molecule has 3 aliphatic rings. The van der Waals surface area contributed by atoms with E-state index in [1.54, 1.807) is 7.11 Å². The molecule has 3 unspecified atom stereocenters. The van der Waals surface area contributed by atoms with Gasteiger partial charge in [0.25, 0.3) is 0 Å². The summed E-state index contributed by atoms with van der Waals surface area (Å²) in [6.07, 6.45) is 13.4. The predicted octanol–water partition coefficient (Wildman–Crippen LogP) is 9.50. The molecule has 0 aliphatic heterocycles. The van der Waals surface area contributed by atoms with Crippen LogP contribution in [0.2, 0.25) is 0 Å². The van der Waals surface area contributed by atoms with Gasteiger partial charge in [-0.25, -0.2) is 0 Å². The molecule has 3 atom stereocenters. The quantitative estimate of drug-likeness (QED) is 0.172. The first kappa shape index (κ1) is 35.3. The first-order valence-corrected chi connectivity index (χ1v) is 18.0. The topological polar surface area (TPSA) is 62.0 Å². The maximum Gasteiger partial charge on any atom is 0.208 e. The largest absolute Gasteiger partial charge is 0.506 e. The van der Waals surface area contributed by atoms with Gasteiger partial charge in [0.15, 0.2) is 6.54 Å². The Balaban J connectivity index is 1.31. The number of carbonyl (C=O) groups is 1. The van der Waals surface area contributed by atoms with Crippen molar-refractivity contribution in [3.05, 3.63) is 130 Å². The maximum atomic E-state index is 13.7. The van der Waals surface area contributed by atoms with Gasteiger partial charge >= 0.3 is 0 Å². The molecular formula is C44H51N2O4+. The molecule has 1 saturated carbocycles. The Morgan fingerprint density at radius 1 is 0.840 bits per heavy atom. The molecule has 50 heavy (non-hydrogen) atoms. The van der Waals surface area contributed by atoms with Gasteiger partial charge in [-0.3, -0.25) is 4.79 Å². The summed E-state index contributed by atoms with van der Waals surface area (Å²) in [5.41, 5.74) is 11.4. The third-order valence-electron chi connectivity index (χ3n) is 10.6. The Morgan fingerprint density at radius 2 is 1.50 bits per heavy atom. The Morgan fingerprint density at radius 3 is 2.10 bits per heavy atom. The number of Topliss-reactive ketones (excluding diaryl/α,β-unsaturated/α-hetero) is 1. The fourth-order valence-corrected chi connectivity index (χ4v) is 7.79. The van der Waals surface area contributed by atoms with Gasteiger partial charge in [0.1, 0.15) is 11.9 Å². The van der Waals surface area contributed by atoms with Gasteiger partial charge in [0, 0.05) is 49.4 Å². The number of hydrogen-bond donors (Lipinski definition) is 1. The van der Waals surface area contributed by atoms with Crippen molar-refractivity contribution in [3.8, 4) is 0 Å². The van der Waals surface area contributed by atoms with Crippen LogP contribution in [0.1, 0.15) is 66.8 Å². The molecule has 6 heteroatoms. The van der Waals surface area contributed by atoms with Gasteiger partial charge in [-0.2, -0.15) is 4.58 Å². The number of methoxy groups -OCH3 is 2. The standard InChI is InChI=1S/C44H50N2O4/c1-8-36(49-6)27-45(37-23-13-28(2)25-30(37)4)34-19-15-32(16-20-34)41-43(47)42(44(41)48)33-17-21-35(22-18-33)46(38-24-14-29(3)26-31(38)5)39-11-9-10-12-40(39)50-7/h13-26,36,39-40H,8-12,27H2,1-7H3/p+1. The van der Waals surface area contributed by atoms with E-state index in [1.165, 1.54) is 34.4 Å². The predicted molar refractivity (Wildman–Crippen MR) is 204 cm³/mol. The van der Waals surface area contributed by atoms with Crippen molar-refractivity contribution in [2.24, 2.45) is 0 Å². The minimum absolute atomic E-state index is 0.0464. The number of carbonyl (C=O) groups excluding carboxylic acids is 1. The molecule has 0 radical (unpaired) electrons. The third kappa shape index (κ3) is 6.92. The van der Waals surface area contributed by atoms with Crippen LogP contribution in [0, 0.1) is 27.7 Å². The Labute approximate surface area is 297 Å². The van der Waals surface area contributed by atoms with Gasteiger partial charge in [-0.15, -0.1) is 0 Å². The molecule has 0 bridgehead atoms. The minimum atomic E-state index is -0.141. The zero-order valence-corrected chi connectivity index (χ0v) is 30.6. The number of allylic oxidation sites excluding steroid dienone is 7. The summed E-state index contributed by atoms with van der Waals surface area (Å²) in [6, 6.07) is 21.3. The number of aliphatic hydroxyl groups is 1. The number of ether oxygens (including phenoxy) is 2. The number of rotatable bonds is 10. The molecule has 6 nitrogen and oxygen atoms in total. The SMILES string of the molecule is CCC(C[N+](=C1C=CC(=C2C(=O)C(c3ccc(N(c4ccc(C)cc4C)C4CCCCC4OC)cc3)=C2O)C=C1)c1ccc(C)cc1C)OC. The molecule has 3 aliphatic carbocycles. The average Bonchev–Trinajstić information content (AvgIpc) is 3.12. The summed E-state index contributed by atoms with van der Waals surface area (Å²) in [5, 5.41) is 11.3. The summed E-state index contributed by atoms with van der Waals surface area (Å²) < 4.78 is 14.0. The van der Waals surface area contributed by atoms with Crippen LogP contribution < -0.4 is 4.90 Å². The Kier molecular flexibility index (Phi) is 10.7. The van der Waals surface area contributed by atoms with E-state index >= 15 is 0 Å². The van der Waals surface area contributed by atoms with Crippen LogP contribution >= 0.6 is 0 Å². The lowest BCUT2D eigenvalue weighted by Gasteiger charge is -2.41. The van der Waals surface area contributed by atoms with Gasteiger partial charge in [-0.1, -0.05) is 61.2 Å². The van der Waals surface area contributed by atoms with Gasteiger partial charge in [0.2, 0.25) is 17.2 Å². The number of aliphatic hydroxyl groups excluding tert-OH is 1. The van der Waals surface area contributed by atoms with E-state index in [-0.39, 0.29) is 29.8 Å². The van der Waals surface area contributed by atoms with E-state index in [9.17, 15) is 9.90 Å². The van der Waals surface area contributed by atoms with Crippen LogP contribution in [0.25, 0.3) is 5.57 Å². The normalized spacial score (nSPS) is 19.6. The van der Waals surface area contributed by atoms with Crippen molar-refractivity contribution in [1.29, 1.82) is 0 Å². The van der Waals surface area contributed by atoms with Crippen LogP contribution in [0.4, 0.5) is 17.1 Å². The van der Waals surface area contributed by atoms with Crippen molar-refractivity contribution in [1.82, 2.24) is 0 Å². The summed E-state index contributed by atoms with van der Waals surface area (Å²) >= 11 is 0. The Hall–Kier alpha value is -4.52. The molecular weight excluding hydrogens is 620 g/mol. The van der Waals surface area contributed by atoms with Crippen molar-refractivity contribution in [3.63, 3.8) is 0 Å². The summed E-state index contributed by atoms with van der Waals surface area (Å²) in [7, 11) is 3.57. The average molecular weight is 672 g/mol. The molecule has 260 valence electrons. The van der Waals surface area contributed by atoms with Gasteiger partial charge in [0.05, 0.1) is 23.3 Å². The number of anilines is 2. The van der Waals surface area contributed by atoms with Crippen molar-refractivity contribution >= 4 is 34.1 Å². The molecule has 3 aromatic carbocycles. The fourth-order valence-electron chi connectivity index (χ4n) is 7.79. The fraction of sp³-hybridized carbons (Fsp3) is 0.364. The van der Waals surface area contributed by atoms with Crippen LogP contribution in [-0.2, 0) is 14.3 Å². The summed E-state index contributed by atoms with van der Waals surface area (Å²) in [6.45, 7) is 11.3. The van der Waals surface area contributed by atoms with E-state index in [0.29, 0.717) is 23.3 Å². The highest BCUT2D eigenvalue weighted by Gasteiger charge is 2.37. The smallest absolute Gasteiger partial charge is 0.208 e. The van der Waals surface area contributed by atoms with Crippen LogP contribution in [0.5, 0.6) is 0 Å². The zero-order valence-electron chi connectivity index (χ0n) is 30.6.